The van der Waals surface area contributed by atoms with Gasteiger partial charge in [0.1, 0.15) is 30.4 Å². The number of ether oxygens (including phenoxy) is 2. The Balaban J connectivity index is 1.88. The Kier molecular flexibility index (Phi) is 3.62. The van der Waals surface area contributed by atoms with Crippen LogP contribution in [0.2, 0.25) is 0 Å². The van der Waals surface area contributed by atoms with E-state index in [9.17, 15) is 0 Å². The third-order valence-electron chi connectivity index (χ3n) is 2.90. The summed E-state index contributed by atoms with van der Waals surface area (Å²) < 4.78 is 11.1. The summed E-state index contributed by atoms with van der Waals surface area (Å²) in [6, 6.07) is 5.85. The van der Waals surface area contributed by atoms with Gasteiger partial charge in [0.05, 0.1) is 0 Å². The van der Waals surface area contributed by atoms with Crippen molar-refractivity contribution in [3.05, 3.63) is 30.1 Å². The maximum atomic E-state index is 5.57. The third-order valence-corrected chi connectivity index (χ3v) is 4.00. The first-order valence-electron chi connectivity index (χ1n) is 6.13. The predicted octanol–water partition coefficient (Wildman–Crippen LogP) is 1.99. The molecule has 0 unspecified atom stereocenters. The molecule has 0 aliphatic carbocycles. The Morgan fingerprint density at radius 3 is 2.80 bits per heavy atom. The van der Waals surface area contributed by atoms with Crippen molar-refractivity contribution in [2.24, 2.45) is 5.84 Å². The highest BCUT2D eigenvalue weighted by Gasteiger charge is 2.13. The zero-order valence-electron chi connectivity index (χ0n) is 10.9. The lowest BCUT2D eigenvalue weighted by Gasteiger charge is -2.18. The average molecular weight is 290 g/mol. The number of benzene rings is 1. The second kappa shape index (κ2) is 5.56. The highest BCUT2D eigenvalue weighted by atomic mass is 32.2. The molecule has 2 aromatic rings. The molecule has 3 rings (SSSR count). The van der Waals surface area contributed by atoms with Gasteiger partial charge in [0, 0.05) is 10.5 Å². The van der Waals surface area contributed by atoms with E-state index in [-0.39, 0.29) is 0 Å². The number of nitrogens with one attached hydrogen (secondary N) is 1. The van der Waals surface area contributed by atoms with Gasteiger partial charge in [0.2, 0.25) is 0 Å². The van der Waals surface area contributed by atoms with Crippen molar-refractivity contribution in [1.82, 2.24) is 9.97 Å². The molecule has 1 aromatic heterocycles. The quantitative estimate of drug-likeness (QED) is 0.508. The van der Waals surface area contributed by atoms with E-state index in [4.69, 9.17) is 15.3 Å². The molecule has 0 fully saturated rings. The summed E-state index contributed by atoms with van der Waals surface area (Å²) in [6.45, 7) is 3.10. The molecule has 0 amide bonds. The molecule has 0 atom stereocenters. The second-order valence-corrected chi connectivity index (χ2v) is 5.27. The summed E-state index contributed by atoms with van der Waals surface area (Å²) in [5, 5.41) is 0.852. The molecule has 20 heavy (non-hydrogen) atoms. The van der Waals surface area contributed by atoms with Crippen molar-refractivity contribution < 1.29 is 9.47 Å². The first kappa shape index (κ1) is 13.0. The van der Waals surface area contributed by atoms with Crippen LogP contribution in [0.5, 0.6) is 11.5 Å². The Labute approximate surface area is 120 Å². The van der Waals surface area contributed by atoms with Crippen molar-refractivity contribution in [2.75, 3.05) is 18.6 Å². The van der Waals surface area contributed by atoms with Crippen LogP contribution < -0.4 is 20.7 Å². The number of nitrogens with zero attached hydrogens (tertiary/aromatic N) is 2. The van der Waals surface area contributed by atoms with Crippen LogP contribution in [0.25, 0.3) is 0 Å². The Morgan fingerprint density at radius 2 is 2.00 bits per heavy atom. The lowest BCUT2D eigenvalue weighted by atomic mass is 10.3. The topological polar surface area (TPSA) is 82.3 Å². The number of fused-ring (bicyclic) bond motifs is 1. The van der Waals surface area contributed by atoms with Gasteiger partial charge >= 0.3 is 0 Å². The van der Waals surface area contributed by atoms with E-state index in [1.807, 2.05) is 25.1 Å². The fourth-order valence-electron chi connectivity index (χ4n) is 1.88. The maximum absolute atomic E-state index is 5.57. The van der Waals surface area contributed by atoms with Gasteiger partial charge in [-0.15, -0.1) is 0 Å². The summed E-state index contributed by atoms with van der Waals surface area (Å²) in [7, 11) is 0. The highest BCUT2D eigenvalue weighted by molar-refractivity contribution is 7.99. The van der Waals surface area contributed by atoms with Gasteiger partial charge in [-0.25, -0.2) is 15.8 Å². The molecule has 0 saturated carbocycles. The molecule has 3 N–H and O–H groups in total. The predicted molar refractivity (Wildman–Crippen MR) is 76.1 cm³/mol. The van der Waals surface area contributed by atoms with E-state index in [0.717, 1.165) is 27.0 Å². The van der Waals surface area contributed by atoms with Gasteiger partial charge in [0.25, 0.3) is 0 Å². The minimum Gasteiger partial charge on any atom is -0.486 e. The third kappa shape index (κ3) is 2.50. The molecule has 6 nitrogen and oxygen atoms in total. The van der Waals surface area contributed by atoms with E-state index in [0.29, 0.717) is 19.0 Å². The van der Waals surface area contributed by atoms with Crippen molar-refractivity contribution in [2.45, 2.75) is 16.8 Å². The number of hydrazine groups is 1. The molecule has 1 aliphatic heterocycles. The van der Waals surface area contributed by atoms with Crippen LogP contribution >= 0.6 is 11.8 Å². The lowest BCUT2D eigenvalue weighted by Crippen LogP contribution is -2.15. The molecule has 2 heterocycles. The molecular formula is C13H14N4O2S. The van der Waals surface area contributed by atoms with E-state index in [1.54, 1.807) is 0 Å². The first-order valence-corrected chi connectivity index (χ1v) is 6.95. The van der Waals surface area contributed by atoms with Crippen LogP contribution in [0.3, 0.4) is 0 Å². The van der Waals surface area contributed by atoms with Crippen molar-refractivity contribution in [3.8, 4) is 11.5 Å². The zero-order chi connectivity index (χ0) is 13.9. The smallest absolute Gasteiger partial charge is 0.162 e. The lowest BCUT2D eigenvalue weighted by molar-refractivity contribution is 0.171. The summed E-state index contributed by atoms with van der Waals surface area (Å²) in [5.41, 5.74) is 3.47. The number of hydrogen-bond acceptors (Lipinski definition) is 7. The average Bonchev–Trinajstić information content (AvgIpc) is 2.49. The standard InChI is InChI=1S/C13H14N4O2S/c1-8-12(17-14)15-7-16-13(8)20-9-2-3-10-11(6-9)19-5-4-18-10/h2-3,6-7H,4-5,14H2,1H3,(H,15,16,17). The van der Waals surface area contributed by atoms with E-state index < -0.39 is 0 Å². The van der Waals surface area contributed by atoms with Crippen molar-refractivity contribution in [1.29, 1.82) is 0 Å². The van der Waals surface area contributed by atoms with Gasteiger partial charge in [-0.05, 0) is 25.1 Å². The fourth-order valence-corrected chi connectivity index (χ4v) is 2.76. The van der Waals surface area contributed by atoms with E-state index in [1.165, 1.54) is 18.1 Å². The molecule has 0 spiro atoms. The molecule has 0 bridgehead atoms. The van der Waals surface area contributed by atoms with Gasteiger partial charge in [0.15, 0.2) is 11.5 Å². The van der Waals surface area contributed by atoms with Gasteiger partial charge in [-0.2, -0.15) is 0 Å². The minimum atomic E-state index is 0.578. The summed E-state index contributed by atoms with van der Waals surface area (Å²) in [4.78, 5) is 9.37. The molecule has 1 aromatic carbocycles. The van der Waals surface area contributed by atoms with Crippen LogP contribution in [-0.2, 0) is 0 Å². The number of nitrogen functional groups attached to an aromatic ring is 1. The maximum Gasteiger partial charge on any atom is 0.162 e. The van der Waals surface area contributed by atoms with Gasteiger partial charge in [-0.3, -0.25) is 0 Å². The highest BCUT2D eigenvalue weighted by Crippen LogP contribution is 2.37. The Morgan fingerprint density at radius 1 is 1.20 bits per heavy atom. The van der Waals surface area contributed by atoms with Crippen LogP contribution in [0.15, 0.2) is 34.4 Å². The summed E-state index contributed by atoms with van der Waals surface area (Å²) in [6.07, 6.45) is 1.49. The van der Waals surface area contributed by atoms with Crippen LogP contribution in [0, 0.1) is 6.92 Å². The molecular weight excluding hydrogens is 276 g/mol. The largest absolute Gasteiger partial charge is 0.486 e. The molecule has 0 radical (unpaired) electrons. The summed E-state index contributed by atoms with van der Waals surface area (Å²) >= 11 is 1.53. The number of anilines is 1. The number of aromatic nitrogens is 2. The summed E-state index contributed by atoms with van der Waals surface area (Å²) in [5.74, 6) is 7.59. The molecule has 104 valence electrons. The SMILES string of the molecule is Cc1c(NN)ncnc1Sc1ccc2c(c1)OCCO2. The van der Waals surface area contributed by atoms with Crippen molar-refractivity contribution >= 4 is 17.6 Å². The normalized spacial score (nSPS) is 13.1. The van der Waals surface area contributed by atoms with Gasteiger partial charge < -0.3 is 14.9 Å². The molecule has 1 aliphatic rings. The number of hydrogen-bond donors (Lipinski definition) is 2. The number of nitrogens with two attached hydrogens (primary N) is 1. The Hall–Kier alpha value is -1.99. The van der Waals surface area contributed by atoms with Crippen molar-refractivity contribution in [3.63, 3.8) is 0 Å². The molecule has 7 heteroatoms. The Bertz CT molecular complexity index is 636. The fraction of sp³-hybridized carbons (Fsp3) is 0.231. The van der Waals surface area contributed by atoms with E-state index >= 15 is 0 Å². The van der Waals surface area contributed by atoms with E-state index in [2.05, 4.69) is 15.4 Å². The number of rotatable bonds is 3. The molecule has 0 saturated heterocycles. The van der Waals surface area contributed by atoms with Gasteiger partial charge in [-0.1, -0.05) is 11.8 Å². The van der Waals surface area contributed by atoms with Crippen LogP contribution in [0.4, 0.5) is 5.82 Å². The first-order chi connectivity index (χ1) is 9.78. The van der Waals surface area contributed by atoms with Crippen LogP contribution in [0.1, 0.15) is 5.56 Å². The monoisotopic (exact) mass is 290 g/mol. The minimum absolute atomic E-state index is 0.578. The van der Waals surface area contributed by atoms with Crippen LogP contribution in [-0.4, -0.2) is 23.2 Å². The zero-order valence-corrected chi connectivity index (χ0v) is 11.7. The second-order valence-electron chi connectivity index (χ2n) is 4.20.